The van der Waals surface area contributed by atoms with E-state index in [1.54, 1.807) is 0 Å². The lowest BCUT2D eigenvalue weighted by Gasteiger charge is -2.14. The Balaban J connectivity index is 1.73. The fraction of sp³-hybridized carbons (Fsp3) is 0.316. The molecule has 5 nitrogen and oxygen atoms in total. The maximum atomic E-state index is 13.9. The maximum absolute atomic E-state index is 13.9. The molecule has 3 rings (SSSR count). The molecule has 2 aromatic rings. The molecule has 1 fully saturated rings. The van der Waals surface area contributed by atoms with Crippen LogP contribution in [0.5, 0.6) is 0 Å². The number of esters is 1. The summed E-state index contributed by atoms with van der Waals surface area (Å²) < 4.78 is 59.3. The number of halogens is 2. The van der Waals surface area contributed by atoms with E-state index < -0.39 is 21.7 Å². The molecule has 0 amide bonds. The van der Waals surface area contributed by atoms with E-state index in [-0.39, 0.29) is 28.4 Å². The number of carbonyl (C=O) groups is 1. The van der Waals surface area contributed by atoms with Gasteiger partial charge in [-0.05, 0) is 49.1 Å². The molecule has 2 aromatic carbocycles. The summed E-state index contributed by atoms with van der Waals surface area (Å²) >= 11 is 0. The Labute approximate surface area is 156 Å². The number of carbonyl (C=O) groups excluding carboxylic acids is 1. The average Bonchev–Trinajstić information content (AvgIpc) is 3.09. The minimum absolute atomic E-state index is 0.0373. The topological polar surface area (TPSA) is 72.5 Å². The summed E-state index contributed by atoms with van der Waals surface area (Å²) in [5, 5.41) is 0. The minimum atomic E-state index is -3.77. The van der Waals surface area contributed by atoms with Gasteiger partial charge in [-0.1, -0.05) is 12.1 Å². The van der Waals surface area contributed by atoms with Gasteiger partial charge in [-0.25, -0.2) is 21.9 Å². The number of methoxy groups -OCH3 is 1. The Morgan fingerprint density at radius 1 is 1.11 bits per heavy atom. The summed E-state index contributed by atoms with van der Waals surface area (Å²) in [5.41, 5.74) is 0.628. The molecule has 0 saturated heterocycles. The van der Waals surface area contributed by atoms with Crippen molar-refractivity contribution in [3.8, 4) is 11.1 Å². The second kappa shape index (κ2) is 7.74. The third-order valence-electron chi connectivity index (χ3n) is 4.70. The summed E-state index contributed by atoms with van der Waals surface area (Å²) in [6.45, 7) is 0. The van der Waals surface area contributed by atoms with Gasteiger partial charge in [-0.15, -0.1) is 0 Å². The lowest BCUT2D eigenvalue weighted by Crippen LogP contribution is -2.33. The summed E-state index contributed by atoms with van der Waals surface area (Å²) in [4.78, 5) is 11.6. The largest absolute Gasteiger partial charge is 0.469 e. The maximum Gasteiger partial charge on any atom is 0.308 e. The molecule has 0 aromatic heterocycles. The number of ether oxygens (including phenoxy) is 1. The van der Waals surface area contributed by atoms with Gasteiger partial charge in [0.25, 0.3) is 0 Å². The third kappa shape index (κ3) is 4.33. The van der Waals surface area contributed by atoms with Crippen molar-refractivity contribution in [3.05, 3.63) is 54.1 Å². The SMILES string of the molecule is COC(=O)[C@H]1CC[C@@H](NS(=O)(=O)c2ccc(-c3ccc(F)cc3F)cc2)C1. The Morgan fingerprint density at radius 3 is 2.44 bits per heavy atom. The van der Waals surface area contributed by atoms with Gasteiger partial charge in [0.1, 0.15) is 11.6 Å². The molecule has 0 bridgehead atoms. The van der Waals surface area contributed by atoms with Gasteiger partial charge in [0.15, 0.2) is 0 Å². The van der Waals surface area contributed by atoms with Gasteiger partial charge in [-0.3, -0.25) is 4.79 Å². The van der Waals surface area contributed by atoms with E-state index in [9.17, 15) is 22.0 Å². The number of rotatable bonds is 5. The van der Waals surface area contributed by atoms with Crippen LogP contribution < -0.4 is 4.72 Å². The Hall–Kier alpha value is -2.32. The van der Waals surface area contributed by atoms with Crippen LogP contribution in [0.4, 0.5) is 8.78 Å². The van der Waals surface area contributed by atoms with Crippen molar-refractivity contribution < 1.29 is 26.7 Å². The summed E-state index contributed by atoms with van der Waals surface area (Å²) in [6, 6.07) is 8.56. The number of benzene rings is 2. The van der Waals surface area contributed by atoms with Crippen molar-refractivity contribution >= 4 is 16.0 Å². The van der Waals surface area contributed by atoms with E-state index in [1.165, 1.54) is 37.4 Å². The highest BCUT2D eigenvalue weighted by Crippen LogP contribution is 2.29. The van der Waals surface area contributed by atoms with Crippen molar-refractivity contribution in [1.29, 1.82) is 0 Å². The van der Waals surface area contributed by atoms with Crippen LogP contribution in [0.15, 0.2) is 47.4 Å². The highest BCUT2D eigenvalue weighted by Gasteiger charge is 2.33. The number of hydrogen-bond acceptors (Lipinski definition) is 4. The fourth-order valence-electron chi connectivity index (χ4n) is 3.29. The highest BCUT2D eigenvalue weighted by molar-refractivity contribution is 7.89. The predicted molar refractivity (Wildman–Crippen MR) is 95.3 cm³/mol. The van der Waals surface area contributed by atoms with Crippen molar-refractivity contribution in [1.82, 2.24) is 4.72 Å². The van der Waals surface area contributed by atoms with Crippen molar-refractivity contribution in [2.24, 2.45) is 5.92 Å². The van der Waals surface area contributed by atoms with Gasteiger partial charge >= 0.3 is 5.97 Å². The molecular formula is C19H19F2NO4S. The molecule has 1 saturated carbocycles. The molecule has 2 atom stereocenters. The van der Waals surface area contributed by atoms with E-state index in [4.69, 9.17) is 4.74 Å². The molecule has 0 unspecified atom stereocenters. The Kier molecular flexibility index (Phi) is 5.57. The quantitative estimate of drug-likeness (QED) is 0.789. The monoisotopic (exact) mass is 395 g/mol. The standard InChI is InChI=1S/C19H19F2NO4S/c1-26-19(23)13-2-6-15(10-13)22-27(24,25)16-7-3-12(4-8-16)17-9-5-14(20)11-18(17)21/h3-5,7-9,11,13,15,22H,2,6,10H2,1H3/t13-,15+/m0/s1. The Bertz CT molecular complexity index is 945. The van der Waals surface area contributed by atoms with Crippen LogP contribution in [0.3, 0.4) is 0 Å². The lowest BCUT2D eigenvalue weighted by atomic mass is 10.1. The zero-order chi connectivity index (χ0) is 19.6. The molecule has 1 aliphatic carbocycles. The van der Waals surface area contributed by atoms with Gasteiger partial charge in [0.05, 0.1) is 17.9 Å². The van der Waals surface area contributed by atoms with E-state index >= 15 is 0 Å². The van der Waals surface area contributed by atoms with Crippen LogP contribution in [0.1, 0.15) is 19.3 Å². The number of hydrogen-bond donors (Lipinski definition) is 1. The summed E-state index contributed by atoms with van der Waals surface area (Å²) in [5.74, 6) is -2.03. The molecule has 0 heterocycles. The van der Waals surface area contributed by atoms with Crippen LogP contribution in [0, 0.1) is 17.6 Å². The molecular weight excluding hydrogens is 376 g/mol. The first-order valence-electron chi connectivity index (χ1n) is 8.46. The van der Waals surface area contributed by atoms with Crippen LogP contribution in [-0.2, 0) is 19.6 Å². The van der Waals surface area contributed by atoms with Crippen LogP contribution in [-0.4, -0.2) is 27.5 Å². The first-order chi connectivity index (χ1) is 12.8. The smallest absolute Gasteiger partial charge is 0.308 e. The predicted octanol–water partition coefficient (Wildman–Crippen LogP) is 3.25. The molecule has 0 aliphatic heterocycles. The van der Waals surface area contributed by atoms with E-state index in [2.05, 4.69) is 4.72 Å². The average molecular weight is 395 g/mol. The van der Waals surface area contributed by atoms with Gasteiger partial charge in [0.2, 0.25) is 10.0 Å². The molecule has 144 valence electrons. The van der Waals surface area contributed by atoms with Crippen LogP contribution in [0.2, 0.25) is 0 Å². The lowest BCUT2D eigenvalue weighted by molar-refractivity contribution is -0.145. The first kappa shape index (κ1) is 19.4. The highest BCUT2D eigenvalue weighted by atomic mass is 32.2. The summed E-state index contributed by atoms with van der Waals surface area (Å²) in [7, 11) is -2.46. The molecule has 0 spiro atoms. The van der Waals surface area contributed by atoms with Gasteiger partial charge in [-0.2, -0.15) is 0 Å². The molecule has 1 aliphatic rings. The second-order valence-corrected chi connectivity index (χ2v) is 8.21. The van der Waals surface area contributed by atoms with E-state index in [1.807, 2.05) is 0 Å². The minimum Gasteiger partial charge on any atom is -0.469 e. The molecule has 27 heavy (non-hydrogen) atoms. The van der Waals surface area contributed by atoms with E-state index in [0.717, 1.165) is 12.1 Å². The normalized spacial score (nSPS) is 19.8. The molecule has 0 radical (unpaired) electrons. The van der Waals surface area contributed by atoms with Crippen LogP contribution >= 0.6 is 0 Å². The fourth-order valence-corrected chi connectivity index (χ4v) is 4.58. The number of nitrogens with one attached hydrogen (secondary N) is 1. The van der Waals surface area contributed by atoms with E-state index in [0.29, 0.717) is 24.8 Å². The van der Waals surface area contributed by atoms with Crippen LogP contribution in [0.25, 0.3) is 11.1 Å². The van der Waals surface area contributed by atoms with Crippen molar-refractivity contribution in [2.75, 3.05) is 7.11 Å². The Morgan fingerprint density at radius 2 is 1.81 bits per heavy atom. The number of sulfonamides is 1. The molecule has 8 heteroatoms. The first-order valence-corrected chi connectivity index (χ1v) is 9.94. The van der Waals surface area contributed by atoms with Gasteiger partial charge in [0, 0.05) is 17.7 Å². The van der Waals surface area contributed by atoms with Crippen molar-refractivity contribution in [3.63, 3.8) is 0 Å². The molecule has 1 N–H and O–H groups in total. The zero-order valence-electron chi connectivity index (χ0n) is 14.6. The third-order valence-corrected chi connectivity index (χ3v) is 6.23. The van der Waals surface area contributed by atoms with Gasteiger partial charge < -0.3 is 4.74 Å². The zero-order valence-corrected chi connectivity index (χ0v) is 15.4. The second-order valence-electron chi connectivity index (χ2n) is 6.50. The van der Waals surface area contributed by atoms with Crippen molar-refractivity contribution in [2.45, 2.75) is 30.2 Å². The summed E-state index contributed by atoms with van der Waals surface area (Å²) in [6.07, 6.45) is 1.52.